The highest BCUT2D eigenvalue weighted by molar-refractivity contribution is 14.0. The van der Waals surface area contributed by atoms with Gasteiger partial charge in [-0.05, 0) is 50.5 Å². The molecule has 1 aliphatic rings. The molecule has 164 valence electrons. The van der Waals surface area contributed by atoms with Crippen LogP contribution in [0.15, 0.2) is 53.7 Å². The van der Waals surface area contributed by atoms with E-state index in [1.165, 1.54) is 5.56 Å². The lowest BCUT2D eigenvalue weighted by Gasteiger charge is -2.33. The number of hydrogen-bond acceptors (Lipinski definition) is 4. The van der Waals surface area contributed by atoms with Crippen LogP contribution in [0.2, 0.25) is 0 Å². The molecule has 1 saturated heterocycles. The van der Waals surface area contributed by atoms with Gasteiger partial charge in [0.1, 0.15) is 11.6 Å². The number of aliphatic imine (C=N–C) groups is 1. The lowest BCUT2D eigenvalue weighted by atomic mass is 10.1. The molecule has 0 unspecified atom stereocenters. The maximum Gasteiger partial charge on any atom is 0.191 e. The minimum absolute atomic E-state index is 0. The number of guanidine groups is 1. The van der Waals surface area contributed by atoms with Gasteiger partial charge in [0, 0.05) is 44.8 Å². The lowest BCUT2D eigenvalue weighted by Crippen LogP contribution is -2.49. The minimum atomic E-state index is 0. The molecule has 0 bridgehead atoms. The Kier molecular flexibility index (Phi) is 10.8. The van der Waals surface area contributed by atoms with Gasteiger partial charge in [0.2, 0.25) is 0 Å². The van der Waals surface area contributed by atoms with E-state index in [1.54, 1.807) is 0 Å². The normalized spacial score (nSPS) is 14.7. The summed E-state index contributed by atoms with van der Waals surface area (Å²) in [5, 5.41) is 6.96. The van der Waals surface area contributed by atoms with Crippen molar-refractivity contribution < 1.29 is 4.74 Å². The average molecular weight is 523 g/mol. The summed E-state index contributed by atoms with van der Waals surface area (Å²) in [6.07, 6.45) is 4.91. The van der Waals surface area contributed by atoms with Crippen LogP contribution in [0.1, 0.15) is 31.7 Å². The number of benzene rings is 1. The van der Waals surface area contributed by atoms with E-state index in [0.29, 0.717) is 12.6 Å². The molecule has 2 aromatic rings. The molecular weight excluding hydrogens is 489 g/mol. The Morgan fingerprint density at radius 2 is 1.93 bits per heavy atom. The summed E-state index contributed by atoms with van der Waals surface area (Å²) in [4.78, 5) is 11.5. The summed E-state index contributed by atoms with van der Waals surface area (Å²) < 4.78 is 5.86. The molecule has 2 heterocycles. The van der Waals surface area contributed by atoms with Crippen LogP contribution in [0.4, 0.5) is 5.82 Å². The van der Waals surface area contributed by atoms with Crippen molar-refractivity contribution in [2.24, 2.45) is 4.99 Å². The van der Waals surface area contributed by atoms with Crippen molar-refractivity contribution in [3.05, 3.63) is 54.2 Å². The molecular formula is C23H34IN5O. The molecule has 0 amide bonds. The first-order valence-corrected chi connectivity index (χ1v) is 10.7. The molecule has 1 aliphatic heterocycles. The maximum absolute atomic E-state index is 5.86. The van der Waals surface area contributed by atoms with Crippen molar-refractivity contribution in [1.29, 1.82) is 0 Å². The third-order valence-electron chi connectivity index (χ3n) is 5.08. The topological polar surface area (TPSA) is 61.8 Å². The predicted molar refractivity (Wildman–Crippen MR) is 135 cm³/mol. The van der Waals surface area contributed by atoms with E-state index in [-0.39, 0.29) is 24.0 Å². The SMILES string of the molecule is CCNC(=NCCCOc1ccccc1C)NC1CCN(c2ccccn2)CC1.I. The fraction of sp³-hybridized carbons (Fsp3) is 0.478. The fourth-order valence-electron chi connectivity index (χ4n) is 3.46. The maximum atomic E-state index is 5.86. The molecule has 30 heavy (non-hydrogen) atoms. The number of aryl methyl sites for hydroxylation is 1. The number of piperidine rings is 1. The third kappa shape index (κ3) is 7.66. The second-order valence-corrected chi connectivity index (χ2v) is 7.32. The average Bonchev–Trinajstić information content (AvgIpc) is 2.76. The van der Waals surface area contributed by atoms with Crippen molar-refractivity contribution in [2.45, 2.75) is 39.2 Å². The Morgan fingerprint density at radius 3 is 2.63 bits per heavy atom. The molecule has 0 aliphatic carbocycles. The van der Waals surface area contributed by atoms with Gasteiger partial charge in [-0.3, -0.25) is 4.99 Å². The van der Waals surface area contributed by atoms with E-state index < -0.39 is 0 Å². The number of ether oxygens (including phenoxy) is 1. The number of aromatic nitrogens is 1. The van der Waals surface area contributed by atoms with Crippen LogP contribution in [0.25, 0.3) is 0 Å². The summed E-state index contributed by atoms with van der Waals surface area (Å²) in [7, 11) is 0. The van der Waals surface area contributed by atoms with Crippen LogP contribution in [-0.4, -0.2) is 49.8 Å². The summed E-state index contributed by atoms with van der Waals surface area (Å²) in [5.74, 6) is 2.93. The molecule has 2 N–H and O–H groups in total. The van der Waals surface area contributed by atoms with Gasteiger partial charge < -0.3 is 20.3 Å². The number of anilines is 1. The van der Waals surface area contributed by atoms with Crippen molar-refractivity contribution in [3.8, 4) is 5.75 Å². The zero-order valence-electron chi connectivity index (χ0n) is 18.0. The van der Waals surface area contributed by atoms with E-state index in [9.17, 15) is 0 Å². The number of para-hydroxylation sites is 1. The van der Waals surface area contributed by atoms with Crippen molar-refractivity contribution in [3.63, 3.8) is 0 Å². The van der Waals surface area contributed by atoms with Crippen LogP contribution in [0, 0.1) is 6.92 Å². The number of nitrogens with zero attached hydrogens (tertiary/aromatic N) is 3. The quantitative estimate of drug-likeness (QED) is 0.237. The van der Waals surface area contributed by atoms with Crippen LogP contribution in [-0.2, 0) is 0 Å². The largest absolute Gasteiger partial charge is 0.493 e. The minimum Gasteiger partial charge on any atom is -0.493 e. The standard InChI is InChI=1S/C23H33N5O.HI/c1-3-24-23(26-15-8-18-29-21-10-5-4-9-19(21)2)27-20-12-16-28(17-13-20)22-11-6-7-14-25-22;/h4-7,9-11,14,20H,3,8,12-13,15-18H2,1-2H3,(H2,24,26,27);1H. The highest BCUT2D eigenvalue weighted by Gasteiger charge is 2.20. The monoisotopic (exact) mass is 523 g/mol. The van der Waals surface area contributed by atoms with Crippen molar-refractivity contribution in [2.75, 3.05) is 37.7 Å². The fourth-order valence-corrected chi connectivity index (χ4v) is 3.46. The smallest absolute Gasteiger partial charge is 0.191 e. The van der Waals surface area contributed by atoms with Crippen LogP contribution in [0.3, 0.4) is 0 Å². The molecule has 6 nitrogen and oxygen atoms in total. The van der Waals surface area contributed by atoms with Crippen molar-refractivity contribution in [1.82, 2.24) is 15.6 Å². The second kappa shape index (κ2) is 13.3. The first-order chi connectivity index (χ1) is 14.3. The third-order valence-corrected chi connectivity index (χ3v) is 5.08. The van der Waals surface area contributed by atoms with Gasteiger partial charge in [-0.2, -0.15) is 0 Å². The van der Waals surface area contributed by atoms with Gasteiger partial charge in [-0.1, -0.05) is 24.3 Å². The Bertz CT molecular complexity index is 763. The van der Waals surface area contributed by atoms with Crippen LogP contribution in [0.5, 0.6) is 5.75 Å². The number of nitrogens with one attached hydrogen (secondary N) is 2. The first kappa shape index (κ1) is 24.2. The molecule has 1 aromatic heterocycles. The molecule has 0 atom stereocenters. The van der Waals surface area contributed by atoms with Gasteiger partial charge >= 0.3 is 0 Å². The molecule has 0 spiro atoms. The highest BCUT2D eigenvalue weighted by atomic mass is 127. The van der Waals surface area contributed by atoms with Crippen molar-refractivity contribution >= 4 is 35.8 Å². The molecule has 1 aromatic carbocycles. The number of hydrogen-bond donors (Lipinski definition) is 2. The zero-order valence-corrected chi connectivity index (χ0v) is 20.3. The summed E-state index contributed by atoms with van der Waals surface area (Å²) in [5.41, 5.74) is 1.17. The van der Waals surface area contributed by atoms with E-state index in [2.05, 4.69) is 46.5 Å². The molecule has 0 radical (unpaired) electrons. The van der Waals surface area contributed by atoms with Crippen LogP contribution >= 0.6 is 24.0 Å². The Balaban J connectivity index is 0.00000320. The van der Waals surface area contributed by atoms with E-state index in [1.807, 2.05) is 36.5 Å². The Labute approximate surface area is 197 Å². The Hall–Kier alpha value is -2.03. The molecule has 0 saturated carbocycles. The summed E-state index contributed by atoms with van der Waals surface area (Å²) in [6, 6.07) is 14.7. The second-order valence-electron chi connectivity index (χ2n) is 7.32. The summed E-state index contributed by atoms with van der Waals surface area (Å²) >= 11 is 0. The Morgan fingerprint density at radius 1 is 1.17 bits per heavy atom. The van der Waals surface area contributed by atoms with Gasteiger partial charge in [0.15, 0.2) is 5.96 Å². The van der Waals surface area contributed by atoms with Gasteiger partial charge in [0.05, 0.1) is 6.61 Å². The van der Waals surface area contributed by atoms with Crippen LogP contribution < -0.4 is 20.3 Å². The first-order valence-electron chi connectivity index (χ1n) is 10.7. The van der Waals surface area contributed by atoms with Gasteiger partial charge in [-0.15, -0.1) is 24.0 Å². The number of rotatable bonds is 8. The van der Waals surface area contributed by atoms with Gasteiger partial charge in [-0.25, -0.2) is 4.98 Å². The van der Waals surface area contributed by atoms with E-state index in [4.69, 9.17) is 9.73 Å². The van der Waals surface area contributed by atoms with E-state index in [0.717, 1.165) is 63.0 Å². The number of halogens is 1. The highest BCUT2D eigenvalue weighted by Crippen LogP contribution is 2.17. The lowest BCUT2D eigenvalue weighted by molar-refractivity contribution is 0.311. The molecule has 1 fully saturated rings. The zero-order chi connectivity index (χ0) is 20.3. The molecule has 3 rings (SSSR count). The van der Waals surface area contributed by atoms with E-state index >= 15 is 0 Å². The summed E-state index contributed by atoms with van der Waals surface area (Å²) in [6.45, 7) is 8.47. The molecule has 7 heteroatoms. The number of pyridine rings is 1. The predicted octanol–water partition coefficient (Wildman–Crippen LogP) is 4.00. The van der Waals surface area contributed by atoms with Gasteiger partial charge in [0.25, 0.3) is 0 Å².